The topological polar surface area (TPSA) is 79.0 Å². The first-order chi connectivity index (χ1) is 10.0. The molecule has 1 aromatic carbocycles. The lowest BCUT2D eigenvalue weighted by Crippen LogP contribution is -2.35. The second-order valence-electron chi connectivity index (χ2n) is 6.04. The van der Waals surface area contributed by atoms with Crippen LogP contribution in [-0.2, 0) is 0 Å². The zero-order chi connectivity index (χ0) is 15.4. The number of nitriles is 1. The van der Waals surface area contributed by atoms with Gasteiger partial charge in [0.15, 0.2) is 0 Å². The van der Waals surface area contributed by atoms with Gasteiger partial charge in [-0.25, -0.2) is 0 Å². The normalized spacial score (nSPS) is 21.8. The summed E-state index contributed by atoms with van der Waals surface area (Å²) in [6, 6.07) is 6.98. The van der Waals surface area contributed by atoms with Crippen LogP contribution in [0, 0.1) is 33.3 Å². The summed E-state index contributed by atoms with van der Waals surface area (Å²) in [4.78, 5) is 10.5. The molecule has 0 aliphatic heterocycles. The molecule has 0 heterocycles. The molecule has 1 aromatic rings. The summed E-state index contributed by atoms with van der Waals surface area (Å²) in [5.74, 6) is 1.18. The Morgan fingerprint density at radius 1 is 1.38 bits per heavy atom. The molecule has 1 aliphatic carbocycles. The van der Waals surface area contributed by atoms with E-state index in [0.29, 0.717) is 17.9 Å². The summed E-state index contributed by atoms with van der Waals surface area (Å²) in [5, 5.41) is 23.4. The number of anilines is 1. The van der Waals surface area contributed by atoms with Crippen LogP contribution >= 0.6 is 0 Å². The van der Waals surface area contributed by atoms with E-state index in [0.717, 1.165) is 12.1 Å². The van der Waals surface area contributed by atoms with Crippen molar-refractivity contribution in [1.29, 1.82) is 5.26 Å². The molecule has 5 heteroatoms. The summed E-state index contributed by atoms with van der Waals surface area (Å²) >= 11 is 0. The van der Waals surface area contributed by atoms with Gasteiger partial charge in [0.1, 0.15) is 11.6 Å². The zero-order valence-electron chi connectivity index (χ0n) is 12.5. The number of nitro groups is 1. The van der Waals surface area contributed by atoms with Gasteiger partial charge in [-0.3, -0.25) is 10.1 Å². The Morgan fingerprint density at radius 2 is 2.10 bits per heavy atom. The molecule has 0 spiro atoms. The first kappa shape index (κ1) is 15.3. The summed E-state index contributed by atoms with van der Waals surface area (Å²) in [7, 11) is 0. The minimum Gasteiger partial charge on any atom is -0.382 e. The molecular formula is C16H21N3O2. The van der Waals surface area contributed by atoms with Crippen molar-refractivity contribution < 1.29 is 4.92 Å². The Labute approximate surface area is 125 Å². The lowest BCUT2D eigenvalue weighted by molar-refractivity contribution is -0.385. The van der Waals surface area contributed by atoms with Crippen LogP contribution in [0.5, 0.6) is 0 Å². The Balaban J connectivity index is 2.21. The quantitative estimate of drug-likeness (QED) is 0.668. The van der Waals surface area contributed by atoms with Crippen LogP contribution in [-0.4, -0.2) is 11.0 Å². The van der Waals surface area contributed by atoms with Crippen molar-refractivity contribution in [3.05, 3.63) is 33.9 Å². The second kappa shape index (κ2) is 6.57. The average Bonchev–Trinajstić information content (AvgIpc) is 2.47. The molecular weight excluding hydrogens is 266 g/mol. The largest absolute Gasteiger partial charge is 0.382 e. The van der Waals surface area contributed by atoms with E-state index in [4.69, 9.17) is 5.26 Å². The fourth-order valence-electron chi connectivity index (χ4n) is 3.22. The van der Waals surface area contributed by atoms with Crippen LogP contribution in [0.15, 0.2) is 18.2 Å². The van der Waals surface area contributed by atoms with E-state index < -0.39 is 4.92 Å². The number of nitro benzene ring substituents is 1. The van der Waals surface area contributed by atoms with Gasteiger partial charge in [-0.1, -0.05) is 26.7 Å². The van der Waals surface area contributed by atoms with Crippen LogP contribution in [0.2, 0.25) is 0 Å². The standard InChI is InChI=1S/C16H21N3O2/c1-11(2)14-5-3-4-6-15(14)18-13-8-7-12(10-17)16(9-13)19(20)21/h7-9,11,14-15,18H,3-6H2,1-2H3. The van der Waals surface area contributed by atoms with Crippen LogP contribution in [0.4, 0.5) is 11.4 Å². The minimum atomic E-state index is -0.496. The Bertz CT molecular complexity index is 563. The van der Waals surface area contributed by atoms with E-state index in [1.807, 2.05) is 6.07 Å². The van der Waals surface area contributed by atoms with Crippen LogP contribution in [0.3, 0.4) is 0 Å². The number of nitrogens with zero attached hydrogens (tertiary/aromatic N) is 2. The Kier molecular flexibility index (Phi) is 4.79. The molecule has 2 atom stereocenters. The lowest BCUT2D eigenvalue weighted by Gasteiger charge is -2.35. The summed E-state index contributed by atoms with van der Waals surface area (Å²) in [6.45, 7) is 4.46. The molecule has 1 fully saturated rings. The molecule has 2 unspecified atom stereocenters. The first-order valence-electron chi connectivity index (χ1n) is 7.48. The number of rotatable bonds is 4. The Morgan fingerprint density at radius 3 is 2.71 bits per heavy atom. The van der Waals surface area contributed by atoms with E-state index in [1.165, 1.54) is 31.4 Å². The summed E-state index contributed by atoms with van der Waals surface area (Å²) in [6.07, 6.45) is 4.75. The fraction of sp³-hybridized carbons (Fsp3) is 0.562. The lowest BCUT2D eigenvalue weighted by atomic mass is 9.78. The maximum Gasteiger partial charge on any atom is 0.289 e. The van der Waals surface area contributed by atoms with Gasteiger partial charge in [0.05, 0.1) is 4.92 Å². The molecule has 2 rings (SSSR count). The molecule has 1 N–H and O–H groups in total. The van der Waals surface area contributed by atoms with E-state index in [9.17, 15) is 10.1 Å². The SMILES string of the molecule is CC(C)C1CCCCC1Nc1ccc(C#N)c([N+](=O)[O-])c1. The van der Waals surface area contributed by atoms with Gasteiger partial charge < -0.3 is 5.32 Å². The molecule has 1 saturated carbocycles. The van der Waals surface area contributed by atoms with E-state index in [1.54, 1.807) is 6.07 Å². The third-order valence-corrected chi connectivity index (χ3v) is 4.34. The highest BCUT2D eigenvalue weighted by atomic mass is 16.6. The highest BCUT2D eigenvalue weighted by Crippen LogP contribution is 2.33. The van der Waals surface area contributed by atoms with Crippen molar-refractivity contribution in [3.63, 3.8) is 0 Å². The number of benzene rings is 1. The van der Waals surface area contributed by atoms with E-state index >= 15 is 0 Å². The molecule has 21 heavy (non-hydrogen) atoms. The molecule has 5 nitrogen and oxygen atoms in total. The van der Waals surface area contributed by atoms with Gasteiger partial charge in [0.2, 0.25) is 0 Å². The monoisotopic (exact) mass is 287 g/mol. The van der Waals surface area contributed by atoms with Crippen molar-refractivity contribution in [2.45, 2.75) is 45.6 Å². The van der Waals surface area contributed by atoms with Crippen molar-refractivity contribution in [2.75, 3.05) is 5.32 Å². The van der Waals surface area contributed by atoms with E-state index in [2.05, 4.69) is 19.2 Å². The van der Waals surface area contributed by atoms with Crippen molar-refractivity contribution >= 4 is 11.4 Å². The highest BCUT2D eigenvalue weighted by Gasteiger charge is 2.27. The zero-order valence-corrected chi connectivity index (χ0v) is 12.5. The Hall–Kier alpha value is -2.09. The van der Waals surface area contributed by atoms with Crippen molar-refractivity contribution in [2.24, 2.45) is 11.8 Å². The van der Waals surface area contributed by atoms with Gasteiger partial charge in [-0.15, -0.1) is 0 Å². The van der Waals surface area contributed by atoms with Gasteiger partial charge in [0, 0.05) is 17.8 Å². The molecule has 1 aliphatic rings. The predicted molar refractivity (Wildman–Crippen MR) is 82.0 cm³/mol. The smallest absolute Gasteiger partial charge is 0.289 e. The predicted octanol–water partition coefficient (Wildman–Crippen LogP) is 4.09. The number of hydrogen-bond donors (Lipinski definition) is 1. The van der Waals surface area contributed by atoms with Crippen molar-refractivity contribution in [3.8, 4) is 6.07 Å². The van der Waals surface area contributed by atoms with Gasteiger partial charge in [0.25, 0.3) is 5.69 Å². The minimum absolute atomic E-state index is 0.106. The van der Waals surface area contributed by atoms with Gasteiger partial charge in [-0.05, 0) is 36.8 Å². The van der Waals surface area contributed by atoms with E-state index in [-0.39, 0.29) is 11.3 Å². The molecule has 112 valence electrons. The number of hydrogen-bond acceptors (Lipinski definition) is 4. The second-order valence-corrected chi connectivity index (χ2v) is 6.04. The fourth-order valence-corrected chi connectivity index (χ4v) is 3.22. The maximum atomic E-state index is 11.0. The molecule has 0 bridgehead atoms. The highest BCUT2D eigenvalue weighted by molar-refractivity contribution is 5.59. The maximum absolute atomic E-state index is 11.0. The van der Waals surface area contributed by atoms with Gasteiger partial charge >= 0.3 is 0 Å². The third-order valence-electron chi connectivity index (χ3n) is 4.34. The van der Waals surface area contributed by atoms with Crippen LogP contribution in [0.1, 0.15) is 45.1 Å². The molecule has 0 amide bonds. The molecule has 0 radical (unpaired) electrons. The summed E-state index contributed by atoms with van der Waals surface area (Å²) in [5.41, 5.74) is 0.715. The molecule has 0 saturated heterocycles. The average molecular weight is 287 g/mol. The van der Waals surface area contributed by atoms with Gasteiger partial charge in [-0.2, -0.15) is 5.26 Å². The van der Waals surface area contributed by atoms with Crippen LogP contribution in [0.25, 0.3) is 0 Å². The van der Waals surface area contributed by atoms with Crippen molar-refractivity contribution in [1.82, 2.24) is 0 Å². The number of nitrogens with one attached hydrogen (secondary N) is 1. The summed E-state index contributed by atoms with van der Waals surface area (Å²) < 4.78 is 0. The first-order valence-corrected chi connectivity index (χ1v) is 7.48. The molecule has 0 aromatic heterocycles. The third kappa shape index (κ3) is 3.52. The van der Waals surface area contributed by atoms with Crippen LogP contribution < -0.4 is 5.32 Å².